The first-order valence-corrected chi connectivity index (χ1v) is 5.83. The number of nitrogens with two attached hydrogens (primary N) is 1. The number of rotatable bonds is 3. The minimum absolute atomic E-state index is 0.178. The van der Waals surface area contributed by atoms with Gasteiger partial charge in [0.2, 0.25) is 0 Å². The van der Waals surface area contributed by atoms with Crippen molar-refractivity contribution in [2.45, 2.75) is 34.1 Å². The first kappa shape index (κ1) is 13.6. The molecule has 0 radical (unpaired) electrons. The van der Waals surface area contributed by atoms with E-state index in [0.29, 0.717) is 17.9 Å². The van der Waals surface area contributed by atoms with Crippen LogP contribution in [-0.2, 0) is 4.74 Å². The van der Waals surface area contributed by atoms with Crippen LogP contribution in [0, 0.1) is 12.3 Å². The molecule has 0 aromatic heterocycles. The fourth-order valence-corrected chi connectivity index (χ4v) is 1.34. The highest BCUT2D eigenvalue weighted by molar-refractivity contribution is 5.90. The molecule has 0 saturated carbocycles. The van der Waals surface area contributed by atoms with Crippen LogP contribution < -0.4 is 5.73 Å². The number of esters is 1. The monoisotopic (exact) mass is 235 g/mol. The number of benzene rings is 1. The zero-order valence-corrected chi connectivity index (χ0v) is 11.0. The fraction of sp³-hybridized carbons (Fsp3) is 0.500. The Hall–Kier alpha value is -1.51. The average molecular weight is 235 g/mol. The number of carbonyl (C=O) groups is 1. The Kier molecular flexibility index (Phi) is 4.16. The van der Waals surface area contributed by atoms with Gasteiger partial charge in [-0.1, -0.05) is 20.8 Å². The lowest BCUT2D eigenvalue weighted by Crippen LogP contribution is -2.13. The third-order valence-corrected chi connectivity index (χ3v) is 2.59. The lowest BCUT2D eigenvalue weighted by Gasteiger charge is -2.17. The van der Waals surface area contributed by atoms with Crippen LogP contribution in [0.4, 0.5) is 5.69 Å². The predicted molar refractivity (Wildman–Crippen MR) is 69.9 cm³/mol. The molecule has 0 aliphatic rings. The van der Waals surface area contributed by atoms with E-state index in [-0.39, 0.29) is 11.4 Å². The van der Waals surface area contributed by atoms with E-state index in [1.54, 1.807) is 18.2 Å². The van der Waals surface area contributed by atoms with Crippen LogP contribution in [0.15, 0.2) is 18.2 Å². The van der Waals surface area contributed by atoms with Gasteiger partial charge < -0.3 is 10.5 Å². The Morgan fingerprint density at radius 1 is 1.35 bits per heavy atom. The van der Waals surface area contributed by atoms with E-state index >= 15 is 0 Å². The van der Waals surface area contributed by atoms with Gasteiger partial charge in [0, 0.05) is 5.69 Å². The summed E-state index contributed by atoms with van der Waals surface area (Å²) in [7, 11) is 0. The number of hydrogen-bond donors (Lipinski definition) is 1. The van der Waals surface area contributed by atoms with E-state index in [1.807, 2.05) is 6.92 Å². The van der Waals surface area contributed by atoms with Gasteiger partial charge >= 0.3 is 5.97 Å². The van der Waals surface area contributed by atoms with Gasteiger partial charge in [0.15, 0.2) is 0 Å². The fourth-order valence-electron chi connectivity index (χ4n) is 1.34. The molecule has 94 valence electrons. The smallest absolute Gasteiger partial charge is 0.338 e. The van der Waals surface area contributed by atoms with Crippen LogP contribution in [0.3, 0.4) is 0 Å². The molecule has 1 aromatic rings. The van der Waals surface area contributed by atoms with E-state index in [2.05, 4.69) is 20.8 Å². The molecule has 2 N–H and O–H groups in total. The van der Waals surface area contributed by atoms with Crippen LogP contribution in [0.2, 0.25) is 0 Å². The minimum Gasteiger partial charge on any atom is -0.462 e. The Balaban J connectivity index is 2.56. The highest BCUT2D eigenvalue weighted by Crippen LogP contribution is 2.19. The molecule has 0 spiro atoms. The molecule has 3 heteroatoms. The van der Waals surface area contributed by atoms with E-state index in [9.17, 15) is 4.79 Å². The van der Waals surface area contributed by atoms with E-state index in [0.717, 1.165) is 12.0 Å². The molecule has 17 heavy (non-hydrogen) atoms. The molecule has 0 fully saturated rings. The SMILES string of the molecule is Cc1cc(C(=O)OCCC(C)(C)C)ccc1N. The second kappa shape index (κ2) is 5.21. The predicted octanol–water partition coefficient (Wildman–Crippen LogP) is 3.17. The second-order valence-corrected chi connectivity index (χ2v) is 5.52. The first-order valence-electron chi connectivity index (χ1n) is 5.83. The molecule has 0 heterocycles. The number of hydrogen-bond acceptors (Lipinski definition) is 3. The van der Waals surface area contributed by atoms with Crippen LogP contribution in [-0.4, -0.2) is 12.6 Å². The summed E-state index contributed by atoms with van der Waals surface area (Å²) in [6.07, 6.45) is 0.854. The molecular formula is C14H21NO2. The van der Waals surface area contributed by atoms with E-state index in [4.69, 9.17) is 10.5 Å². The molecule has 0 aliphatic carbocycles. The highest BCUT2D eigenvalue weighted by atomic mass is 16.5. The lowest BCUT2D eigenvalue weighted by molar-refractivity contribution is 0.0465. The van der Waals surface area contributed by atoms with Crippen molar-refractivity contribution >= 4 is 11.7 Å². The molecule has 0 amide bonds. The molecule has 0 bridgehead atoms. The molecule has 1 rings (SSSR count). The summed E-state index contributed by atoms with van der Waals surface area (Å²) in [5.74, 6) is -0.280. The van der Waals surface area contributed by atoms with Crippen LogP contribution in [0.5, 0.6) is 0 Å². The zero-order chi connectivity index (χ0) is 13.1. The summed E-state index contributed by atoms with van der Waals surface area (Å²) in [4.78, 5) is 11.7. The summed E-state index contributed by atoms with van der Waals surface area (Å²) in [6.45, 7) is 8.68. The number of carbonyl (C=O) groups excluding carboxylic acids is 1. The van der Waals surface area contributed by atoms with Crippen molar-refractivity contribution in [1.29, 1.82) is 0 Å². The quantitative estimate of drug-likeness (QED) is 0.646. The Labute approximate surface area is 103 Å². The van der Waals surface area contributed by atoms with E-state index in [1.165, 1.54) is 0 Å². The summed E-state index contributed by atoms with van der Waals surface area (Å²) < 4.78 is 5.22. The summed E-state index contributed by atoms with van der Waals surface area (Å²) in [5.41, 5.74) is 8.02. The van der Waals surface area contributed by atoms with Crippen molar-refractivity contribution in [3.8, 4) is 0 Å². The van der Waals surface area contributed by atoms with Crippen LogP contribution in [0.1, 0.15) is 43.1 Å². The number of aryl methyl sites for hydroxylation is 1. The number of nitrogen functional groups attached to an aromatic ring is 1. The van der Waals surface area contributed by atoms with Crippen molar-refractivity contribution < 1.29 is 9.53 Å². The van der Waals surface area contributed by atoms with Gasteiger partial charge in [-0.3, -0.25) is 0 Å². The molecule has 0 aliphatic heterocycles. The van der Waals surface area contributed by atoms with Crippen molar-refractivity contribution in [3.63, 3.8) is 0 Å². The van der Waals surface area contributed by atoms with Crippen molar-refractivity contribution in [2.75, 3.05) is 12.3 Å². The zero-order valence-electron chi connectivity index (χ0n) is 11.0. The van der Waals surface area contributed by atoms with Crippen LogP contribution in [0.25, 0.3) is 0 Å². The molecule has 1 aromatic carbocycles. The topological polar surface area (TPSA) is 52.3 Å². The van der Waals surface area contributed by atoms with Gasteiger partial charge in [-0.2, -0.15) is 0 Å². The van der Waals surface area contributed by atoms with Gasteiger partial charge in [0.05, 0.1) is 12.2 Å². The van der Waals surface area contributed by atoms with Gasteiger partial charge in [-0.05, 0) is 42.5 Å². The number of anilines is 1. The van der Waals surface area contributed by atoms with Crippen molar-refractivity contribution in [2.24, 2.45) is 5.41 Å². The molecule has 3 nitrogen and oxygen atoms in total. The molecular weight excluding hydrogens is 214 g/mol. The first-order chi connectivity index (χ1) is 7.79. The van der Waals surface area contributed by atoms with Crippen molar-refractivity contribution in [1.82, 2.24) is 0 Å². The van der Waals surface area contributed by atoms with Gasteiger partial charge in [0.25, 0.3) is 0 Å². The third-order valence-electron chi connectivity index (χ3n) is 2.59. The molecule has 0 atom stereocenters. The summed E-state index contributed by atoms with van der Waals surface area (Å²) in [5, 5.41) is 0. The summed E-state index contributed by atoms with van der Waals surface area (Å²) >= 11 is 0. The largest absolute Gasteiger partial charge is 0.462 e. The summed E-state index contributed by atoms with van der Waals surface area (Å²) in [6, 6.07) is 5.19. The Morgan fingerprint density at radius 3 is 2.53 bits per heavy atom. The lowest BCUT2D eigenvalue weighted by atomic mass is 9.93. The average Bonchev–Trinajstić information content (AvgIpc) is 2.20. The maximum atomic E-state index is 11.7. The van der Waals surface area contributed by atoms with Gasteiger partial charge in [-0.25, -0.2) is 4.79 Å². The van der Waals surface area contributed by atoms with Crippen molar-refractivity contribution in [3.05, 3.63) is 29.3 Å². The third kappa shape index (κ3) is 4.47. The van der Waals surface area contributed by atoms with Crippen LogP contribution >= 0.6 is 0 Å². The molecule has 0 saturated heterocycles. The molecule has 0 unspecified atom stereocenters. The second-order valence-electron chi connectivity index (χ2n) is 5.52. The maximum absolute atomic E-state index is 11.7. The highest BCUT2D eigenvalue weighted by Gasteiger charge is 2.13. The Morgan fingerprint density at radius 2 is 2.00 bits per heavy atom. The Bertz CT molecular complexity index is 405. The van der Waals surface area contributed by atoms with Gasteiger partial charge in [0.1, 0.15) is 0 Å². The normalized spacial score (nSPS) is 11.3. The maximum Gasteiger partial charge on any atom is 0.338 e. The van der Waals surface area contributed by atoms with Gasteiger partial charge in [-0.15, -0.1) is 0 Å². The minimum atomic E-state index is -0.280. The number of ether oxygens (including phenoxy) is 1. The van der Waals surface area contributed by atoms with E-state index < -0.39 is 0 Å². The standard InChI is InChI=1S/C14H21NO2/c1-10-9-11(5-6-12(10)15)13(16)17-8-7-14(2,3)4/h5-6,9H,7-8,15H2,1-4H3.